The predicted octanol–water partition coefficient (Wildman–Crippen LogP) is 3.56. The minimum atomic E-state index is -0.492. The molecule has 0 aliphatic heterocycles. The lowest BCUT2D eigenvalue weighted by Gasteiger charge is -2.07. The molecular weight excluding hydrogens is 313 g/mol. The molecule has 0 spiro atoms. The molecule has 0 bridgehead atoms. The number of rotatable bonds is 4. The van der Waals surface area contributed by atoms with E-state index in [1.165, 1.54) is 28.8 Å². The molecule has 0 atom stereocenters. The summed E-state index contributed by atoms with van der Waals surface area (Å²) in [7, 11) is 0. The largest absolute Gasteiger partial charge is 0.420 e. The number of aromatic nitrogens is 1. The highest BCUT2D eigenvalue weighted by Gasteiger charge is 2.10. The Balaban J connectivity index is 1.77. The summed E-state index contributed by atoms with van der Waals surface area (Å²) < 4.78 is 19.4. The summed E-state index contributed by atoms with van der Waals surface area (Å²) >= 11 is 0. The van der Waals surface area contributed by atoms with Crippen molar-refractivity contribution in [2.24, 2.45) is 0 Å². The average molecular weight is 327 g/mol. The summed E-state index contributed by atoms with van der Waals surface area (Å²) in [6, 6.07) is 9.80. The number of carbonyl (C=O) groups is 1. The highest BCUT2D eigenvalue weighted by atomic mass is 19.1. The van der Waals surface area contributed by atoms with Crippen LogP contribution in [0.1, 0.15) is 0 Å². The Morgan fingerprint density at radius 2 is 1.83 bits per heavy atom. The number of hydrogen-bond acceptors (Lipinski definition) is 3. The van der Waals surface area contributed by atoms with Gasteiger partial charge in [-0.15, -0.1) is 6.58 Å². The van der Waals surface area contributed by atoms with Crippen LogP contribution in [0.15, 0.2) is 64.3 Å². The van der Waals surface area contributed by atoms with Crippen molar-refractivity contribution in [1.82, 2.24) is 4.57 Å². The number of amides is 2. The molecule has 0 aliphatic carbocycles. The van der Waals surface area contributed by atoms with Crippen LogP contribution in [0.4, 0.5) is 20.6 Å². The van der Waals surface area contributed by atoms with Crippen LogP contribution in [0.2, 0.25) is 0 Å². The number of allylic oxidation sites excluding steroid dienone is 1. The van der Waals surface area contributed by atoms with E-state index in [4.69, 9.17) is 4.42 Å². The number of halogens is 1. The Kier molecular flexibility index (Phi) is 4.15. The molecule has 3 aromatic rings. The maximum Gasteiger partial charge on any atom is 0.420 e. The van der Waals surface area contributed by atoms with Gasteiger partial charge in [-0.2, -0.15) is 0 Å². The van der Waals surface area contributed by atoms with Crippen LogP contribution in [0.25, 0.3) is 11.1 Å². The quantitative estimate of drug-likeness (QED) is 0.719. The molecule has 7 heteroatoms. The molecule has 0 radical (unpaired) electrons. The molecule has 0 saturated heterocycles. The molecule has 24 heavy (non-hydrogen) atoms. The van der Waals surface area contributed by atoms with Gasteiger partial charge in [0.05, 0.1) is 5.52 Å². The van der Waals surface area contributed by atoms with Gasteiger partial charge in [-0.05, 0) is 36.4 Å². The topological polar surface area (TPSA) is 76.3 Å². The molecule has 3 rings (SSSR count). The summed E-state index contributed by atoms with van der Waals surface area (Å²) in [4.78, 5) is 23.7. The maximum absolute atomic E-state index is 12.8. The Morgan fingerprint density at radius 1 is 1.17 bits per heavy atom. The van der Waals surface area contributed by atoms with Crippen molar-refractivity contribution in [1.29, 1.82) is 0 Å². The van der Waals surface area contributed by atoms with Crippen molar-refractivity contribution < 1.29 is 13.6 Å². The summed E-state index contributed by atoms with van der Waals surface area (Å²) in [5, 5.41) is 5.20. The summed E-state index contributed by atoms with van der Waals surface area (Å²) in [5.41, 5.74) is 1.89. The Labute approximate surface area is 136 Å². The molecule has 6 nitrogen and oxygen atoms in total. The highest BCUT2D eigenvalue weighted by Crippen LogP contribution is 2.19. The second kappa shape index (κ2) is 6.41. The van der Waals surface area contributed by atoms with Crippen LogP contribution in [0, 0.1) is 5.82 Å². The van der Waals surface area contributed by atoms with Crippen LogP contribution < -0.4 is 16.4 Å². The first kappa shape index (κ1) is 15.5. The van der Waals surface area contributed by atoms with Crippen LogP contribution in [-0.2, 0) is 6.54 Å². The van der Waals surface area contributed by atoms with Gasteiger partial charge in [0.1, 0.15) is 5.82 Å². The van der Waals surface area contributed by atoms with Gasteiger partial charge in [0.15, 0.2) is 5.58 Å². The maximum atomic E-state index is 12.8. The third-order valence-corrected chi connectivity index (χ3v) is 3.34. The molecule has 2 amide bonds. The molecule has 122 valence electrons. The van der Waals surface area contributed by atoms with Gasteiger partial charge < -0.3 is 15.1 Å². The van der Waals surface area contributed by atoms with Crippen LogP contribution in [-0.4, -0.2) is 10.6 Å². The third kappa shape index (κ3) is 3.19. The summed E-state index contributed by atoms with van der Waals surface area (Å²) in [6.45, 7) is 3.93. The SMILES string of the molecule is C=CCn1c(=O)oc2cc(NC(=O)Nc3ccc(F)cc3)ccc21. The lowest BCUT2D eigenvalue weighted by atomic mass is 10.3. The van der Waals surface area contributed by atoms with E-state index in [-0.39, 0.29) is 5.82 Å². The second-order valence-electron chi connectivity index (χ2n) is 5.04. The van der Waals surface area contributed by atoms with Crippen LogP contribution >= 0.6 is 0 Å². The van der Waals surface area contributed by atoms with E-state index in [0.29, 0.717) is 29.0 Å². The molecule has 2 aromatic carbocycles. The predicted molar refractivity (Wildman–Crippen MR) is 89.7 cm³/mol. The second-order valence-corrected chi connectivity index (χ2v) is 5.04. The fraction of sp³-hybridized carbons (Fsp3) is 0.0588. The molecule has 0 aliphatic rings. The van der Waals surface area contributed by atoms with Gasteiger partial charge in [0, 0.05) is 24.0 Å². The van der Waals surface area contributed by atoms with E-state index in [1.807, 2.05) is 0 Å². The molecule has 2 N–H and O–H groups in total. The average Bonchev–Trinajstić information content (AvgIpc) is 2.85. The number of carbonyl (C=O) groups excluding carboxylic acids is 1. The van der Waals surface area contributed by atoms with E-state index in [1.54, 1.807) is 24.3 Å². The number of hydrogen-bond donors (Lipinski definition) is 2. The molecule has 1 aromatic heterocycles. The summed E-state index contributed by atoms with van der Waals surface area (Å²) in [5.74, 6) is -0.872. The van der Waals surface area contributed by atoms with Gasteiger partial charge in [-0.3, -0.25) is 4.57 Å². The monoisotopic (exact) mass is 327 g/mol. The van der Waals surface area contributed by atoms with Gasteiger partial charge in [-0.25, -0.2) is 14.0 Å². The van der Waals surface area contributed by atoms with E-state index in [2.05, 4.69) is 17.2 Å². The molecular formula is C17H14FN3O3. The van der Waals surface area contributed by atoms with Gasteiger partial charge in [0.2, 0.25) is 0 Å². The fourth-order valence-electron chi connectivity index (χ4n) is 2.27. The molecule has 0 fully saturated rings. The number of oxazole rings is 1. The van der Waals surface area contributed by atoms with Gasteiger partial charge in [-0.1, -0.05) is 6.08 Å². The first-order chi connectivity index (χ1) is 11.6. The molecule has 1 heterocycles. The number of urea groups is 1. The normalized spacial score (nSPS) is 10.5. The zero-order valence-corrected chi connectivity index (χ0v) is 12.6. The van der Waals surface area contributed by atoms with Gasteiger partial charge >= 0.3 is 11.8 Å². The zero-order valence-electron chi connectivity index (χ0n) is 12.6. The molecule has 0 unspecified atom stereocenters. The van der Waals surface area contributed by atoms with E-state index >= 15 is 0 Å². The minimum absolute atomic E-state index is 0.337. The Bertz CT molecular complexity index is 957. The number of benzene rings is 2. The lowest BCUT2D eigenvalue weighted by molar-refractivity contribution is 0.262. The van der Waals surface area contributed by atoms with E-state index < -0.39 is 11.8 Å². The van der Waals surface area contributed by atoms with Crippen molar-refractivity contribution in [2.45, 2.75) is 6.54 Å². The van der Waals surface area contributed by atoms with Crippen LogP contribution in [0.5, 0.6) is 0 Å². The molecule has 0 saturated carbocycles. The van der Waals surface area contributed by atoms with Gasteiger partial charge in [0.25, 0.3) is 0 Å². The number of anilines is 2. The first-order valence-electron chi connectivity index (χ1n) is 7.14. The number of nitrogens with one attached hydrogen (secondary N) is 2. The lowest BCUT2D eigenvalue weighted by Crippen LogP contribution is -2.19. The number of nitrogens with zero attached hydrogens (tertiary/aromatic N) is 1. The smallest absolute Gasteiger partial charge is 0.408 e. The van der Waals surface area contributed by atoms with Crippen molar-refractivity contribution in [2.75, 3.05) is 10.6 Å². The zero-order chi connectivity index (χ0) is 17.1. The van der Waals surface area contributed by atoms with Crippen molar-refractivity contribution in [3.05, 3.63) is 71.5 Å². The highest BCUT2D eigenvalue weighted by molar-refractivity contribution is 6.00. The van der Waals surface area contributed by atoms with Crippen molar-refractivity contribution >= 4 is 28.5 Å². The Hall–Kier alpha value is -3.35. The number of fused-ring (bicyclic) bond motifs is 1. The first-order valence-corrected chi connectivity index (χ1v) is 7.14. The van der Waals surface area contributed by atoms with E-state index in [9.17, 15) is 14.0 Å². The third-order valence-electron chi connectivity index (χ3n) is 3.34. The van der Waals surface area contributed by atoms with Crippen LogP contribution in [0.3, 0.4) is 0 Å². The Morgan fingerprint density at radius 3 is 2.54 bits per heavy atom. The van der Waals surface area contributed by atoms with E-state index in [0.717, 1.165) is 0 Å². The van der Waals surface area contributed by atoms with Crippen molar-refractivity contribution in [3.63, 3.8) is 0 Å². The van der Waals surface area contributed by atoms with Crippen molar-refractivity contribution in [3.8, 4) is 0 Å². The minimum Gasteiger partial charge on any atom is -0.408 e. The fourth-order valence-corrected chi connectivity index (χ4v) is 2.27. The summed E-state index contributed by atoms with van der Waals surface area (Å²) in [6.07, 6.45) is 1.60. The standard InChI is InChI=1S/C17H14FN3O3/c1-2-9-21-14-8-7-13(10-15(14)24-17(21)23)20-16(22)19-12-5-3-11(18)4-6-12/h2-8,10H,1,9H2,(H2,19,20,22).